The molecule has 102 valence electrons. The van der Waals surface area contributed by atoms with Crippen molar-refractivity contribution in [3.8, 4) is 5.75 Å². The minimum absolute atomic E-state index is 0.573. The van der Waals surface area contributed by atoms with Crippen molar-refractivity contribution in [3.63, 3.8) is 0 Å². The van der Waals surface area contributed by atoms with Crippen molar-refractivity contribution >= 4 is 0 Å². The molecule has 19 heavy (non-hydrogen) atoms. The fraction of sp³-hybridized carbons (Fsp3) is 0.429. The third-order valence-corrected chi connectivity index (χ3v) is 2.88. The van der Waals surface area contributed by atoms with E-state index in [4.69, 9.17) is 10.5 Å². The average Bonchev–Trinajstić information content (AvgIpc) is 2.73. The van der Waals surface area contributed by atoms with Gasteiger partial charge < -0.3 is 10.5 Å². The van der Waals surface area contributed by atoms with Gasteiger partial charge in [0.2, 0.25) is 0 Å². The van der Waals surface area contributed by atoms with Gasteiger partial charge in [-0.1, -0.05) is 17.7 Å². The zero-order chi connectivity index (χ0) is 13.7. The van der Waals surface area contributed by atoms with Gasteiger partial charge in [0, 0.05) is 19.9 Å². The molecule has 1 aromatic carbocycles. The molecule has 0 fully saturated rings. The SMILES string of the molecule is Cc1ccc(OCCc2nc(CCN)nn2C)cc1. The molecule has 2 rings (SSSR count). The lowest BCUT2D eigenvalue weighted by Gasteiger charge is -2.05. The van der Waals surface area contributed by atoms with E-state index in [1.165, 1.54) is 5.56 Å². The summed E-state index contributed by atoms with van der Waals surface area (Å²) in [7, 11) is 1.90. The summed E-state index contributed by atoms with van der Waals surface area (Å²) in [5.41, 5.74) is 6.72. The molecule has 2 aromatic rings. The molecule has 1 aromatic heterocycles. The highest BCUT2D eigenvalue weighted by Gasteiger charge is 2.06. The summed E-state index contributed by atoms with van der Waals surface area (Å²) in [6.07, 6.45) is 1.45. The Morgan fingerprint density at radius 1 is 1.21 bits per heavy atom. The minimum atomic E-state index is 0.573. The van der Waals surface area contributed by atoms with E-state index in [0.29, 0.717) is 19.6 Å². The molecular weight excluding hydrogens is 240 g/mol. The third kappa shape index (κ3) is 3.79. The summed E-state index contributed by atoms with van der Waals surface area (Å²) in [5.74, 6) is 2.61. The number of hydrogen-bond acceptors (Lipinski definition) is 4. The summed E-state index contributed by atoms with van der Waals surface area (Å²) in [6.45, 7) is 3.23. The van der Waals surface area contributed by atoms with Crippen LogP contribution in [0, 0.1) is 6.92 Å². The molecule has 0 saturated carbocycles. The number of benzene rings is 1. The first-order chi connectivity index (χ1) is 9.19. The van der Waals surface area contributed by atoms with Crippen LogP contribution in [0.5, 0.6) is 5.75 Å². The van der Waals surface area contributed by atoms with Gasteiger partial charge in [-0.15, -0.1) is 0 Å². The first-order valence-electron chi connectivity index (χ1n) is 6.47. The number of nitrogens with zero attached hydrogens (tertiary/aromatic N) is 3. The third-order valence-electron chi connectivity index (χ3n) is 2.88. The van der Waals surface area contributed by atoms with Crippen molar-refractivity contribution in [2.45, 2.75) is 19.8 Å². The van der Waals surface area contributed by atoms with Gasteiger partial charge in [-0.25, -0.2) is 4.98 Å². The second-order valence-electron chi connectivity index (χ2n) is 4.52. The Labute approximate surface area is 113 Å². The van der Waals surface area contributed by atoms with Crippen LogP contribution in [-0.4, -0.2) is 27.9 Å². The topological polar surface area (TPSA) is 66.0 Å². The monoisotopic (exact) mass is 260 g/mol. The molecule has 2 N–H and O–H groups in total. The molecule has 1 heterocycles. The van der Waals surface area contributed by atoms with Crippen molar-refractivity contribution in [2.75, 3.05) is 13.2 Å². The van der Waals surface area contributed by atoms with Crippen LogP contribution < -0.4 is 10.5 Å². The van der Waals surface area contributed by atoms with Gasteiger partial charge in [-0.05, 0) is 25.6 Å². The average molecular weight is 260 g/mol. The summed E-state index contributed by atoms with van der Waals surface area (Å²) in [4.78, 5) is 4.44. The van der Waals surface area contributed by atoms with Gasteiger partial charge in [-0.2, -0.15) is 5.10 Å². The number of nitrogens with two attached hydrogens (primary N) is 1. The molecule has 0 bridgehead atoms. The quantitative estimate of drug-likeness (QED) is 0.848. The highest BCUT2D eigenvalue weighted by Crippen LogP contribution is 2.11. The zero-order valence-electron chi connectivity index (χ0n) is 11.5. The molecule has 5 heteroatoms. The Morgan fingerprint density at radius 3 is 2.63 bits per heavy atom. The van der Waals surface area contributed by atoms with Crippen molar-refractivity contribution in [1.29, 1.82) is 0 Å². The maximum atomic E-state index is 5.68. The first-order valence-corrected chi connectivity index (χ1v) is 6.47. The molecule has 0 atom stereocenters. The smallest absolute Gasteiger partial charge is 0.152 e. The Balaban J connectivity index is 1.86. The minimum Gasteiger partial charge on any atom is -0.493 e. The number of aryl methyl sites for hydroxylation is 2. The lowest BCUT2D eigenvalue weighted by Crippen LogP contribution is -2.07. The van der Waals surface area contributed by atoms with Crippen molar-refractivity contribution in [1.82, 2.24) is 14.8 Å². The van der Waals surface area contributed by atoms with Crippen molar-refractivity contribution < 1.29 is 4.74 Å². The fourth-order valence-corrected chi connectivity index (χ4v) is 1.82. The van der Waals surface area contributed by atoms with E-state index >= 15 is 0 Å². The second-order valence-corrected chi connectivity index (χ2v) is 4.52. The van der Waals surface area contributed by atoms with Gasteiger partial charge in [-0.3, -0.25) is 4.68 Å². The van der Waals surface area contributed by atoms with Crippen LogP contribution in [0.25, 0.3) is 0 Å². The molecule has 0 aliphatic carbocycles. The first kappa shape index (κ1) is 13.5. The predicted molar refractivity (Wildman–Crippen MR) is 74.1 cm³/mol. The van der Waals surface area contributed by atoms with E-state index in [9.17, 15) is 0 Å². The molecule has 0 radical (unpaired) electrons. The molecule has 0 spiro atoms. The second kappa shape index (κ2) is 6.33. The summed E-state index contributed by atoms with van der Waals surface area (Å²) < 4.78 is 7.48. The van der Waals surface area contributed by atoms with E-state index in [1.54, 1.807) is 4.68 Å². The summed E-state index contributed by atoms with van der Waals surface area (Å²) >= 11 is 0. The van der Waals surface area contributed by atoms with Crippen LogP contribution in [0.1, 0.15) is 17.2 Å². The van der Waals surface area contributed by atoms with Gasteiger partial charge >= 0.3 is 0 Å². The Bertz CT molecular complexity index is 519. The zero-order valence-corrected chi connectivity index (χ0v) is 11.5. The Kier molecular flexibility index (Phi) is 4.52. The van der Waals surface area contributed by atoms with Crippen molar-refractivity contribution in [2.24, 2.45) is 12.8 Å². The van der Waals surface area contributed by atoms with Gasteiger partial charge in [0.05, 0.1) is 6.61 Å². The Hall–Kier alpha value is -1.88. The highest BCUT2D eigenvalue weighted by atomic mass is 16.5. The molecule has 0 amide bonds. The van der Waals surface area contributed by atoms with Gasteiger partial charge in [0.25, 0.3) is 0 Å². The standard InChI is InChI=1S/C14H20N4O/c1-11-3-5-12(6-4-11)19-10-8-14-16-13(7-9-15)17-18(14)2/h3-6H,7-10,15H2,1-2H3. The molecule has 0 saturated heterocycles. The highest BCUT2D eigenvalue weighted by molar-refractivity contribution is 5.26. The number of hydrogen-bond donors (Lipinski definition) is 1. The summed E-state index contributed by atoms with van der Waals surface area (Å²) in [6, 6.07) is 8.03. The van der Waals surface area contributed by atoms with Gasteiger partial charge in [0.1, 0.15) is 11.6 Å². The molecule has 0 aliphatic rings. The van der Waals surface area contributed by atoms with Crippen molar-refractivity contribution in [3.05, 3.63) is 41.5 Å². The van der Waals surface area contributed by atoms with Crippen LogP contribution in [0.3, 0.4) is 0 Å². The summed E-state index contributed by atoms with van der Waals surface area (Å²) in [5, 5.41) is 4.31. The molecule has 5 nitrogen and oxygen atoms in total. The maximum Gasteiger partial charge on any atom is 0.152 e. The molecular formula is C14H20N4O. The largest absolute Gasteiger partial charge is 0.493 e. The van der Waals surface area contributed by atoms with E-state index in [2.05, 4.69) is 17.0 Å². The molecule has 0 aliphatic heterocycles. The lowest BCUT2D eigenvalue weighted by molar-refractivity contribution is 0.317. The lowest BCUT2D eigenvalue weighted by atomic mass is 10.2. The number of aromatic nitrogens is 3. The van der Waals surface area contributed by atoms with E-state index in [0.717, 1.165) is 23.8 Å². The van der Waals surface area contributed by atoms with Gasteiger partial charge in [0.15, 0.2) is 5.82 Å². The van der Waals surface area contributed by atoms with E-state index < -0.39 is 0 Å². The maximum absolute atomic E-state index is 5.68. The van der Waals surface area contributed by atoms with E-state index in [-0.39, 0.29) is 0 Å². The normalized spacial score (nSPS) is 10.7. The number of ether oxygens (including phenoxy) is 1. The molecule has 0 unspecified atom stereocenters. The fourth-order valence-electron chi connectivity index (χ4n) is 1.82. The Morgan fingerprint density at radius 2 is 1.95 bits per heavy atom. The van der Waals surface area contributed by atoms with Crippen LogP contribution in [0.2, 0.25) is 0 Å². The van der Waals surface area contributed by atoms with E-state index in [1.807, 2.05) is 31.3 Å². The predicted octanol–water partition coefficient (Wildman–Crippen LogP) is 1.25. The van der Waals surface area contributed by atoms with Crippen LogP contribution in [-0.2, 0) is 19.9 Å². The number of rotatable bonds is 6. The van der Waals surface area contributed by atoms with Crippen LogP contribution in [0.4, 0.5) is 0 Å². The van der Waals surface area contributed by atoms with Crippen LogP contribution >= 0.6 is 0 Å². The van der Waals surface area contributed by atoms with Crippen LogP contribution in [0.15, 0.2) is 24.3 Å².